The number of hydrogen-bond acceptors (Lipinski definition) is 8. The molecule has 3 aromatic rings. The number of carboxylic acids is 1. The summed E-state index contributed by atoms with van der Waals surface area (Å²) in [7, 11) is 0. The van der Waals surface area contributed by atoms with Crippen LogP contribution < -0.4 is 16.4 Å². The predicted octanol–water partition coefficient (Wildman–Crippen LogP) is 3.71. The van der Waals surface area contributed by atoms with Crippen molar-refractivity contribution in [3.63, 3.8) is 0 Å². The molecule has 0 aliphatic heterocycles. The van der Waals surface area contributed by atoms with Crippen LogP contribution >= 0.6 is 0 Å². The third-order valence-electron chi connectivity index (χ3n) is 5.06. The first-order valence-electron chi connectivity index (χ1n) is 11.4. The number of anilines is 3. The third kappa shape index (κ3) is 8.27. The van der Waals surface area contributed by atoms with E-state index in [1.165, 1.54) is 6.07 Å². The van der Waals surface area contributed by atoms with Crippen molar-refractivity contribution < 1.29 is 19.4 Å². The van der Waals surface area contributed by atoms with Gasteiger partial charge in [0.05, 0.1) is 11.3 Å². The summed E-state index contributed by atoms with van der Waals surface area (Å²) in [5, 5.41) is 15.5. The zero-order valence-corrected chi connectivity index (χ0v) is 19.4. The molecule has 3 rings (SSSR count). The van der Waals surface area contributed by atoms with E-state index < -0.39 is 5.97 Å². The molecule has 0 aliphatic carbocycles. The lowest BCUT2D eigenvalue weighted by molar-refractivity contribution is 0.0697. The van der Waals surface area contributed by atoms with Gasteiger partial charge < -0.3 is 31.1 Å². The molecule has 1 aromatic heterocycles. The Hall–Kier alpha value is -4.18. The first-order chi connectivity index (χ1) is 17.1. The summed E-state index contributed by atoms with van der Waals surface area (Å²) in [5.41, 5.74) is 7.14. The smallest absolute Gasteiger partial charge is 0.410 e. The second kappa shape index (κ2) is 13.5. The zero-order valence-electron chi connectivity index (χ0n) is 19.4. The Balaban J connectivity index is 1.50. The van der Waals surface area contributed by atoms with E-state index in [-0.39, 0.29) is 18.3 Å². The van der Waals surface area contributed by atoms with E-state index in [0.29, 0.717) is 56.5 Å². The quantitative estimate of drug-likeness (QED) is 0.270. The first-order valence-corrected chi connectivity index (χ1v) is 11.4. The molecule has 1 heterocycles. The lowest BCUT2D eigenvalue weighted by Gasteiger charge is -2.22. The predicted molar refractivity (Wildman–Crippen MR) is 134 cm³/mol. The molecule has 0 spiro atoms. The number of nitrogens with one attached hydrogen (secondary N) is 2. The van der Waals surface area contributed by atoms with Gasteiger partial charge in [-0.3, -0.25) is 0 Å². The van der Waals surface area contributed by atoms with Crippen LogP contribution in [0.25, 0.3) is 0 Å². The van der Waals surface area contributed by atoms with Crippen molar-refractivity contribution in [2.75, 3.05) is 36.8 Å². The molecule has 0 aliphatic rings. The maximum Gasteiger partial charge on any atom is 0.410 e. The van der Waals surface area contributed by atoms with Gasteiger partial charge in [-0.2, -0.15) is 4.98 Å². The highest BCUT2D eigenvalue weighted by Gasteiger charge is 2.15. The fraction of sp³-hybridized carbons (Fsp3) is 0.280. The van der Waals surface area contributed by atoms with Crippen LogP contribution in [0.5, 0.6) is 0 Å². The van der Waals surface area contributed by atoms with Crippen LogP contribution in [0.4, 0.5) is 22.2 Å². The molecule has 0 atom stereocenters. The molecule has 0 unspecified atom stereocenters. The summed E-state index contributed by atoms with van der Waals surface area (Å²) in [6, 6.07) is 17.8. The number of aromatic carboxylic acids is 1. The molecule has 10 nitrogen and oxygen atoms in total. The summed E-state index contributed by atoms with van der Waals surface area (Å²) in [4.78, 5) is 34.2. The van der Waals surface area contributed by atoms with Crippen LogP contribution in [0.3, 0.4) is 0 Å². The van der Waals surface area contributed by atoms with Crippen LogP contribution in [0, 0.1) is 0 Å². The van der Waals surface area contributed by atoms with Crippen molar-refractivity contribution >= 4 is 29.5 Å². The van der Waals surface area contributed by atoms with Gasteiger partial charge in [0.2, 0.25) is 5.95 Å². The Labute approximate surface area is 204 Å². The average molecular weight is 479 g/mol. The molecule has 0 fully saturated rings. The van der Waals surface area contributed by atoms with Crippen molar-refractivity contribution in [1.29, 1.82) is 0 Å². The topological polar surface area (TPSA) is 143 Å². The molecular formula is C25H30N6O4. The van der Waals surface area contributed by atoms with E-state index in [9.17, 15) is 14.7 Å². The van der Waals surface area contributed by atoms with Gasteiger partial charge in [-0.1, -0.05) is 42.5 Å². The molecule has 0 saturated heterocycles. The highest BCUT2D eigenvalue weighted by atomic mass is 16.6. The average Bonchev–Trinajstić information content (AvgIpc) is 2.88. The summed E-state index contributed by atoms with van der Waals surface area (Å²) < 4.78 is 5.45. The van der Waals surface area contributed by atoms with Gasteiger partial charge in [-0.05, 0) is 43.1 Å². The maximum absolute atomic E-state index is 12.5. The third-order valence-corrected chi connectivity index (χ3v) is 5.06. The number of nitrogens with zero attached hydrogens (tertiary/aromatic N) is 3. The molecule has 2 aromatic carbocycles. The first kappa shape index (κ1) is 25.4. The van der Waals surface area contributed by atoms with Crippen molar-refractivity contribution in [1.82, 2.24) is 14.9 Å². The van der Waals surface area contributed by atoms with Crippen LogP contribution in [-0.4, -0.2) is 58.2 Å². The summed E-state index contributed by atoms with van der Waals surface area (Å²) in [6.07, 6.45) is 2.54. The van der Waals surface area contributed by atoms with E-state index in [4.69, 9.17) is 10.5 Å². The summed E-state index contributed by atoms with van der Waals surface area (Å²) in [6.45, 7) is 2.24. The minimum atomic E-state index is -1.03. The maximum atomic E-state index is 12.5. The number of rotatable bonds is 13. The number of nitrogens with two attached hydrogens (primary N) is 1. The van der Waals surface area contributed by atoms with Gasteiger partial charge in [-0.15, -0.1) is 0 Å². The Bertz CT molecular complexity index is 1100. The number of carbonyl (C=O) groups is 2. The largest absolute Gasteiger partial charge is 0.478 e. The summed E-state index contributed by atoms with van der Waals surface area (Å²) in [5.74, 6) is -0.171. The number of ether oxygens (including phenoxy) is 1. The van der Waals surface area contributed by atoms with E-state index in [2.05, 4.69) is 20.6 Å². The Morgan fingerprint density at radius 3 is 2.51 bits per heavy atom. The van der Waals surface area contributed by atoms with Crippen LogP contribution in [0.15, 0.2) is 66.9 Å². The van der Waals surface area contributed by atoms with Gasteiger partial charge in [-0.25, -0.2) is 14.6 Å². The monoisotopic (exact) mass is 478 g/mol. The molecule has 10 heteroatoms. The number of aromatic nitrogens is 2. The van der Waals surface area contributed by atoms with Gasteiger partial charge in [0.1, 0.15) is 12.4 Å². The van der Waals surface area contributed by atoms with E-state index in [1.54, 1.807) is 35.4 Å². The number of amides is 1. The van der Waals surface area contributed by atoms with E-state index >= 15 is 0 Å². The molecule has 0 bridgehead atoms. The van der Waals surface area contributed by atoms with E-state index in [0.717, 1.165) is 5.56 Å². The van der Waals surface area contributed by atoms with Crippen LogP contribution in [-0.2, 0) is 11.3 Å². The highest BCUT2D eigenvalue weighted by molar-refractivity contribution is 5.94. The number of benzene rings is 2. The van der Waals surface area contributed by atoms with Crippen molar-refractivity contribution in [2.24, 2.45) is 5.73 Å². The number of hydrogen-bond donors (Lipinski definition) is 4. The Morgan fingerprint density at radius 1 is 1.00 bits per heavy atom. The van der Waals surface area contributed by atoms with Crippen LogP contribution in [0.2, 0.25) is 0 Å². The van der Waals surface area contributed by atoms with Gasteiger partial charge in [0.15, 0.2) is 0 Å². The normalized spacial score (nSPS) is 10.4. The van der Waals surface area contributed by atoms with Crippen molar-refractivity contribution in [3.05, 3.63) is 78.0 Å². The molecule has 0 saturated carbocycles. The Morgan fingerprint density at radius 2 is 1.74 bits per heavy atom. The number of carbonyl (C=O) groups excluding carboxylic acids is 1. The van der Waals surface area contributed by atoms with Gasteiger partial charge in [0.25, 0.3) is 0 Å². The van der Waals surface area contributed by atoms with E-state index in [1.807, 2.05) is 30.3 Å². The fourth-order valence-corrected chi connectivity index (χ4v) is 3.29. The Kier molecular flexibility index (Phi) is 9.82. The molecule has 1 amide bonds. The lowest BCUT2D eigenvalue weighted by Crippen LogP contribution is -2.35. The number of para-hydroxylation sites is 1. The number of carboxylic acid groups (broad SMARTS) is 1. The second-order valence-electron chi connectivity index (χ2n) is 7.69. The highest BCUT2D eigenvalue weighted by Crippen LogP contribution is 2.20. The molecule has 0 radical (unpaired) electrons. The molecular weight excluding hydrogens is 448 g/mol. The SMILES string of the molecule is NCCCN(CCCNc1nccc(Nc2ccccc2C(=O)O)n1)C(=O)OCc1ccccc1. The second-order valence-corrected chi connectivity index (χ2v) is 7.69. The zero-order chi connectivity index (χ0) is 24.9. The van der Waals surface area contributed by atoms with Gasteiger partial charge >= 0.3 is 12.1 Å². The van der Waals surface area contributed by atoms with Crippen molar-refractivity contribution in [2.45, 2.75) is 19.4 Å². The fourth-order valence-electron chi connectivity index (χ4n) is 3.29. The standard InChI is InChI=1S/C25H30N6O4/c26-13-6-16-31(25(34)35-18-19-8-2-1-3-9-19)17-7-14-27-24-28-15-12-22(30-24)29-21-11-5-4-10-20(21)23(32)33/h1-5,8-12,15H,6-7,13-14,16-18,26H2,(H,32,33)(H2,27,28,29,30). The molecule has 35 heavy (non-hydrogen) atoms. The van der Waals surface area contributed by atoms with Crippen molar-refractivity contribution in [3.8, 4) is 0 Å². The van der Waals surface area contributed by atoms with Gasteiger partial charge in [0, 0.05) is 25.8 Å². The minimum absolute atomic E-state index is 0.150. The molecule has 5 N–H and O–H groups in total. The summed E-state index contributed by atoms with van der Waals surface area (Å²) >= 11 is 0. The molecule has 184 valence electrons. The van der Waals surface area contributed by atoms with Crippen LogP contribution in [0.1, 0.15) is 28.8 Å². The lowest BCUT2D eigenvalue weighted by atomic mass is 10.2. The minimum Gasteiger partial charge on any atom is -0.478 e.